The average Bonchev–Trinajstić information content (AvgIpc) is 2.68. The lowest BCUT2D eigenvalue weighted by molar-refractivity contribution is 0.567. The normalized spacial score (nSPS) is 11.2. The number of fused-ring (bicyclic) bond motifs is 1. The van der Waals surface area contributed by atoms with Crippen LogP contribution in [0.4, 0.5) is 8.78 Å². The van der Waals surface area contributed by atoms with Crippen LogP contribution in [0.25, 0.3) is 11.0 Å². The summed E-state index contributed by atoms with van der Waals surface area (Å²) in [5, 5.41) is 0. The van der Waals surface area contributed by atoms with Crippen LogP contribution in [-0.2, 0) is 6.54 Å². The van der Waals surface area contributed by atoms with Gasteiger partial charge in [0.2, 0.25) is 0 Å². The fraction of sp³-hybridized carbons (Fsp3) is 0.133. The third kappa shape index (κ3) is 2.25. The molecule has 0 bridgehead atoms. The van der Waals surface area contributed by atoms with E-state index >= 15 is 0 Å². The summed E-state index contributed by atoms with van der Waals surface area (Å²) in [5.74, 6) is -1.14. The minimum absolute atomic E-state index is 0.272. The molecule has 0 fully saturated rings. The molecule has 3 rings (SSSR count). The van der Waals surface area contributed by atoms with E-state index in [0.717, 1.165) is 22.7 Å². The highest BCUT2D eigenvalue weighted by Crippen LogP contribution is 2.19. The molecule has 1 heterocycles. The molecule has 1 N–H and O–H groups in total. The topological polar surface area (TPSA) is 20.7 Å². The first-order valence-corrected chi connectivity index (χ1v) is 6.58. The monoisotopic (exact) mass is 290 g/mol. The van der Waals surface area contributed by atoms with Crippen LogP contribution in [0.1, 0.15) is 11.1 Å². The Labute approximate surface area is 119 Å². The molecule has 0 saturated carbocycles. The zero-order valence-corrected chi connectivity index (χ0v) is 11.6. The van der Waals surface area contributed by atoms with Crippen molar-refractivity contribution in [3.8, 4) is 0 Å². The number of nitrogens with zero attached hydrogens (tertiary/aromatic N) is 1. The van der Waals surface area contributed by atoms with E-state index in [0.29, 0.717) is 10.3 Å². The molecule has 0 atom stereocenters. The van der Waals surface area contributed by atoms with Crippen molar-refractivity contribution in [3.63, 3.8) is 0 Å². The Hall–Kier alpha value is -2.01. The van der Waals surface area contributed by atoms with E-state index in [4.69, 9.17) is 12.2 Å². The number of aromatic nitrogens is 2. The number of halogens is 2. The summed E-state index contributed by atoms with van der Waals surface area (Å²) in [6.07, 6.45) is 0. The molecular weight excluding hydrogens is 278 g/mol. The van der Waals surface area contributed by atoms with E-state index in [1.165, 1.54) is 12.1 Å². The summed E-state index contributed by atoms with van der Waals surface area (Å²) in [7, 11) is 0. The van der Waals surface area contributed by atoms with Gasteiger partial charge in [-0.25, -0.2) is 8.78 Å². The highest BCUT2D eigenvalue weighted by Gasteiger charge is 2.09. The van der Waals surface area contributed by atoms with Gasteiger partial charge >= 0.3 is 0 Å². The minimum atomic E-state index is -0.579. The van der Waals surface area contributed by atoms with Crippen molar-refractivity contribution in [3.05, 3.63) is 63.9 Å². The second-order valence-electron chi connectivity index (χ2n) is 4.77. The number of rotatable bonds is 2. The third-order valence-electron chi connectivity index (χ3n) is 3.27. The maximum Gasteiger partial charge on any atom is 0.178 e. The Morgan fingerprint density at radius 2 is 1.95 bits per heavy atom. The van der Waals surface area contributed by atoms with Crippen molar-refractivity contribution >= 4 is 23.3 Å². The second kappa shape index (κ2) is 4.83. The fourth-order valence-electron chi connectivity index (χ4n) is 2.25. The van der Waals surface area contributed by atoms with Gasteiger partial charge in [-0.15, -0.1) is 0 Å². The summed E-state index contributed by atoms with van der Waals surface area (Å²) >= 11 is 5.28. The molecule has 0 aliphatic heterocycles. The van der Waals surface area contributed by atoms with Crippen molar-refractivity contribution in [1.82, 2.24) is 9.55 Å². The van der Waals surface area contributed by atoms with Crippen LogP contribution in [0, 0.1) is 23.3 Å². The molecule has 1 aromatic heterocycles. The van der Waals surface area contributed by atoms with E-state index in [9.17, 15) is 8.78 Å². The number of aromatic amines is 1. The molecule has 0 saturated heterocycles. The number of hydrogen-bond acceptors (Lipinski definition) is 1. The van der Waals surface area contributed by atoms with Crippen LogP contribution in [0.2, 0.25) is 0 Å². The van der Waals surface area contributed by atoms with Crippen molar-refractivity contribution in [2.24, 2.45) is 0 Å². The number of H-pyrrole nitrogens is 1. The van der Waals surface area contributed by atoms with Gasteiger partial charge in [-0.2, -0.15) is 0 Å². The average molecular weight is 290 g/mol. The van der Waals surface area contributed by atoms with Gasteiger partial charge in [0.05, 0.1) is 17.6 Å². The molecule has 0 aliphatic carbocycles. The molecule has 20 heavy (non-hydrogen) atoms. The SMILES string of the molecule is Cc1ccc2c(c1)[nH]c(=S)n2Cc1ccc(F)cc1F. The maximum absolute atomic E-state index is 13.7. The standard InChI is InChI=1S/C15H12F2N2S/c1-9-2-5-14-13(6-9)18-15(20)19(14)8-10-3-4-11(16)7-12(10)17/h2-7H,8H2,1H3,(H,18,20). The summed E-state index contributed by atoms with van der Waals surface area (Å²) in [6, 6.07) is 9.49. The van der Waals surface area contributed by atoms with Gasteiger partial charge < -0.3 is 9.55 Å². The lowest BCUT2D eigenvalue weighted by atomic mass is 10.2. The van der Waals surface area contributed by atoms with Crippen LogP contribution in [0.15, 0.2) is 36.4 Å². The molecule has 0 radical (unpaired) electrons. The van der Waals surface area contributed by atoms with Crippen LogP contribution in [-0.4, -0.2) is 9.55 Å². The summed E-state index contributed by atoms with van der Waals surface area (Å²) in [5.41, 5.74) is 3.35. The Kier molecular flexibility index (Phi) is 3.14. The number of benzene rings is 2. The molecule has 2 aromatic carbocycles. The largest absolute Gasteiger partial charge is 0.331 e. The van der Waals surface area contributed by atoms with Crippen LogP contribution < -0.4 is 0 Å². The summed E-state index contributed by atoms with van der Waals surface area (Å²) < 4.78 is 29.0. The van der Waals surface area contributed by atoms with E-state index in [1.54, 1.807) is 4.57 Å². The van der Waals surface area contributed by atoms with E-state index in [-0.39, 0.29) is 6.54 Å². The lowest BCUT2D eigenvalue weighted by Gasteiger charge is -2.06. The summed E-state index contributed by atoms with van der Waals surface area (Å²) in [4.78, 5) is 3.10. The molecule has 0 unspecified atom stereocenters. The first-order chi connectivity index (χ1) is 9.54. The van der Waals surface area contributed by atoms with Crippen LogP contribution in [0.3, 0.4) is 0 Å². The zero-order valence-electron chi connectivity index (χ0n) is 10.8. The maximum atomic E-state index is 13.7. The zero-order chi connectivity index (χ0) is 14.3. The van der Waals surface area contributed by atoms with Gasteiger partial charge in [-0.05, 0) is 42.9 Å². The quantitative estimate of drug-likeness (QED) is 0.697. The van der Waals surface area contributed by atoms with Crippen molar-refractivity contribution < 1.29 is 8.78 Å². The van der Waals surface area contributed by atoms with E-state index < -0.39 is 11.6 Å². The van der Waals surface area contributed by atoms with Gasteiger partial charge in [-0.3, -0.25) is 0 Å². The van der Waals surface area contributed by atoms with Crippen LogP contribution >= 0.6 is 12.2 Å². The van der Waals surface area contributed by atoms with Gasteiger partial charge in [0, 0.05) is 11.6 Å². The molecule has 102 valence electrons. The fourth-order valence-corrected chi connectivity index (χ4v) is 2.53. The Balaban J connectivity index is 2.11. The first kappa shape index (κ1) is 13.0. The third-order valence-corrected chi connectivity index (χ3v) is 3.60. The van der Waals surface area contributed by atoms with Crippen molar-refractivity contribution in [1.29, 1.82) is 0 Å². The van der Waals surface area contributed by atoms with Gasteiger partial charge in [0.25, 0.3) is 0 Å². The highest BCUT2D eigenvalue weighted by molar-refractivity contribution is 7.71. The van der Waals surface area contributed by atoms with Crippen molar-refractivity contribution in [2.75, 3.05) is 0 Å². The Morgan fingerprint density at radius 1 is 1.15 bits per heavy atom. The Morgan fingerprint density at radius 3 is 2.70 bits per heavy atom. The molecule has 0 spiro atoms. The van der Waals surface area contributed by atoms with E-state index in [2.05, 4.69) is 4.98 Å². The number of imidazole rings is 1. The molecule has 0 aliphatic rings. The molecule has 0 amide bonds. The van der Waals surface area contributed by atoms with Gasteiger partial charge in [0.1, 0.15) is 11.6 Å². The van der Waals surface area contributed by atoms with Crippen molar-refractivity contribution in [2.45, 2.75) is 13.5 Å². The number of nitrogens with one attached hydrogen (secondary N) is 1. The lowest BCUT2D eigenvalue weighted by Crippen LogP contribution is -2.02. The van der Waals surface area contributed by atoms with Gasteiger partial charge in [-0.1, -0.05) is 12.1 Å². The first-order valence-electron chi connectivity index (χ1n) is 6.18. The van der Waals surface area contributed by atoms with Crippen LogP contribution in [0.5, 0.6) is 0 Å². The molecule has 5 heteroatoms. The van der Waals surface area contributed by atoms with Gasteiger partial charge in [0.15, 0.2) is 4.77 Å². The highest BCUT2D eigenvalue weighted by atomic mass is 32.1. The second-order valence-corrected chi connectivity index (χ2v) is 5.16. The van der Waals surface area contributed by atoms with E-state index in [1.807, 2.05) is 25.1 Å². The molecule has 3 aromatic rings. The predicted octanol–water partition coefficient (Wildman–Crippen LogP) is 4.33. The smallest absolute Gasteiger partial charge is 0.178 e. The summed E-state index contributed by atoms with van der Waals surface area (Å²) in [6.45, 7) is 2.27. The minimum Gasteiger partial charge on any atom is -0.331 e. The Bertz CT molecular complexity index is 849. The molecule has 2 nitrogen and oxygen atoms in total. The number of aryl methyl sites for hydroxylation is 1. The number of hydrogen-bond donors (Lipinski definition) is 1. The predicted molar refractivity (Wildman–Crippen MR) is 77.3 cm³/mol. The molecular formula is C15H12F2N2S.